The zero-order chi connectivity index (χ0) is 30.1. The van der Waals surface area contributed by atoms with Crippen molar-refractivity contribution in [3.63, 3.8) is 0 Å². The van der Waals surface area contributed by atoms with E-state index in [4.69, 9.17) is 4.74 Å². The minimum absolute atomic E-state index is 0.00129. The van der Waals surface area contributed by atoms with Crippen molar-refractivity contribution in [2.24, 2.45) is 0 Å². The zero-order valence-electron chi connectivity index (χ0n) is 23.4. The van der Waals surface area contributed by atoms with E-state index >= 15 is 0 Å². The van der Waals surface area contributed by atoms with Gasteiger partial charge in [0.2, 0.25) is 0 Å². The fraction of sp³-hybridized carbons (Fsp3) is 0.357. The van der Waals surface area contributed by atoms with Crippen LogP contribution in [0.2, 0.25) is 0 Å². The van der Waals surface area contributed by atoms with E-state index < -0.39 is 23.7 Å². The number of likely N-dealkylation sites (N-methyl/N-ethyl adjacent to an activating group) is 1. The maximum absolute atomic E-state index is 14.1. The van der Waals surface area contributed by atoms with Crippen LogP contribution in [0.5, 0.6) is 5.75 Å². The number of rotatable bonds is 8. The molecule has 41 heavy (non-hydrogen) atoms. The van der Waals surface area contributed by atoms with Gasteiger partial charge in [-0.05, 0) is 63.0 Å². The van der Waals surface area contributed by atoms with E-state index in [1.807, 2.05) is 19.0 Å². The fourth-order valence-electron chi connectivity index (χ4n) is 4.55. The third-order valence-electron chi connectivity index (χ3n) is 6.64. The molecule has 0 bridgehead atoms. The fourth-order valence-corrected chi connectivity index (χ4v) is 4.55. The number of halogens is 3. The van der Waals surface area contributed by atoms with Gasteiger partial charge in [-0.1, -0.05) is 0 Å². The highest BCUT2D eigenvalue weighted by molar-refractivity contribution is 6.08. The van der Waals surface area contributed by atoms with Crippen LogP contribution in [0.3, 0.4) is 0 Å². The highest BCUT2D eigenvalue weighted by Gasteiger charge is 2.43. The second-order valence-electron chi connectivity index (χ2n) is 9.98. The van der Waals surface area contributed by atoms with Gasteiger partial charge < -0.3 is 24.8 Å². The second-order valence-corrected chi connectivity index (χ2v) is 9.98. The molecule has 0 spiro atoms. The number of benzene rings is 2. The van der Waals surface area contributed by atoms with Gasteiger partial charge in [-0.25, -0.2) is 4.68 Å². The van der Waals surface area contributed by atoms with Crippen LogP contribution in [0, 0.1) is 0 Å². The van der Waals surface area contributed by atoms with Crippen LogP contribution >= 0.6 is 0 Å². The van der Waals surface area contributed by atoms with Crippen molar-refractivity contribution in [3.8, 4) is 11.4 Å². The minimum Gasteiger partial charge on any atom is -0.497 e. The van der Waals surface area contributed by atoms with Crippen molar-refractivity contribution in [1.82, 2.24) is 24.9 Å². The van der Waals surface area contributed by atoms with Crippen LogP contribution < -0.4 is 15.0 Å². The molecule has 0 atom stereocenters. The number of amides is 3. The first-order valence-electron chi connectivity index (χ1n) is 12.8. The van der Waals surface area contributed by atoms with Crippen LogP contribution in [0.25, 0.3) is 5.69 Å². The average Bonchev–Trinajstić information content (AvgIpc) is 3.33. The molecule has 218 valence electrons. The van der Waals surface area contributed by atoms with E-state index in [0.29, 0.717) is 23.5 Å². The maximum atomic E-state index is 14.1. The standard InChI is InChI=1S/C28H31F3N6O4/c1-34(2)15-13-32-25(38)21-16-19(41-5)10-11-22(21)37-23-20(24(33-37)28(29,30)31)12-14-36(27(23)40)18-8-6-17(7-9-18)26(39)35(3)4/h6-11,16H,12-15H2,1-5H3,(H,32,38). The molecule has 13 heteroatoms. The molecule has 0 unspecified atom stereocenters. The van der Waals surface area contributed by atoms with Gasteiger partial charge in [-0.15, -0.1) is 0 Å². The van der Waals surface area contributed by atoms with Crippen LogP contribution in [0.1, 0.15) is 42.5 Å². The Kier molecular flexibility index (Phi) is 8.38. The lowest BCUT2D eigenvalue weighted by atomic mass is 10.0. The van der Waals surface area contributed by atoms with E-state index in [1.165, 1.54) is 35.1 Å². The topological polar surface area (TPSA) is 100 Å². The number of hydrogen-bond donors (Lipinski definition) is 1. The van der Waals surface area contributed by atoms with Crippen molar-refractivity contribution in [2.45, 2.75) is 12.6 Å². The van der Waals surface area contributed by atoms with Gasteiger partial charge in [0.05, 0.1) is 18.4 Å². The number of methoxy groups -OCH3 is 1. The Labute approximate surface area is 235 Å². The first kappa shape index (κ1) is 29.6. The molecule has 1 aliphatic heterocycles. The number of ether oxygens (including phenoxy) is 1. The number of anilines is 1. The molecular weight excluding hydrogens is 541 g/mol. The van der Waals surface area contributed by atoms with Crippen molar-refractivity contribution in [3.05, 3.63) is 70.5 Å². The highest BCUT2D eigenvalue weighted by atomic mass is 19.4. The summed E-state index contributed by atoms with van der Waals surface area (Å²) in [7, 11) is 8.30. The average molecular weight is 573 g/mol. The van der Waals surface area contributed by atoms with Gasteiger partial charge >= 0.3 is 6.18 Å². The van der Waals surface area contributed by atoms with E-state index in [2.05, 4.69) is 10.4 Å². The first-order chi connectivity index (χ1) is 19.3. The smallest absolute Gasteiger partial charge is 0.435 e. The lowest BCUT2D eigenvalue weighted by Gasteiger charge is -2.28. The van der Waals surface area contributed by atoms with E-state index in [9.17, 15) is 27.6 Å². The largest absolute Gasteiger partial charge is 0.497 e. The van der Waals surface area contributed by atoms with Gasteiger partial charge in [0.15, 0.2) is 5.69 Å². The Balaban J connectivity index is 1.81. The number of hydrogen-bond acceptors (Lipinski definition) is 6. The molecule has 3 aromatic rings. The number of nitrogens with zero attached hydrogens (tertiary/aromatic N) is 5. The second kappa shape index (κ2) is 11.6. The normalized spacial score (nSPS) is 13.3. The lowest BCUT2D eigenvalue weighted by molar-refractivity contribution is -0.141. The Bertz CT molecular complexity index is 1460. The summed E-state index contributed by atoms with van der Waals surface area (Å²) < 4.78 is 48.5. The molecule has 4 rings (SSSR count). The molecule has 10 nitrogen and oxygen atoms in total. The summed E-state index contributed by atoms with van der Waals surface area (Å²) in [5.74, 6) is -1.19. The third-order valence-corrected chi connectivity index (χ3v) is 6.64. The number of carbonyl (C=O) groups excluding carboxylic acids is 3. The quantitative estimate of drug-likeness (QED) is 0.446. The van der Waals surface area contributed by atoms with E-state index in [-0.39, 0.29) is 47.9 Å². The van der Waals surface area contributed by atoms with E-state index in [0.717, 1.165) is 4.68 Å². The van der Waals surface area contributed by atoms with Crippen LogP contribution in [0.15, 0.2) is 42.5 Å². The molecule has 0 radical (unpaired) electrons. The molecule has 0 saturated heterocycles. The van der Waals surface area contributed by atoms with Crippen LogP contribution in [-0.2, 0) is 12.6 Å². The van der Waals surface area contributed by atoms with Gasteiger partial charge in [0, 0.05) is 50.5 Å². The number of aromatic nitrogens is 2. The third kappa shape index (κ3) is 6.04. The summed E-state index contributed by atoms with van der Waals surface area (Å²) in [6.45, 7) is 0.793. The first-order valence-corrected chi connectivity index (χ1v) is 12.8. The Hall–Kier alpha value is -4.39. The molecular formula is C28H31F3N6O4. The summed E-state index contributed by atoms with van der Waals surface area (Å²) >= 11 is 0. The molecule has 3 amide bonds. The van der Waals surface area contributed by atoms with Crippen LogP contribution in [0.4, 0.5) is 18.9 Å². The van der Waals surface area contributed by atoms with Gasteiger partial charge in [-0.3, -0.25) is 14.4 Å². The number of nitrogens with one attached hydrogen (secondary N) is 1. The van der Waals surface area contributed by atoms with Crippen molar-refractivity contribution in [1.29, 1.82) is 0 Å². The molecule has 1 N–H and O–H groups in total. The Morgan fingerprint density at radius 1 is 1.07 bits per heavy atom. The molecule has 0 aliphatic carbocycles. The predicted molar refractivity (Wildman–Crippen MR) is 146 cm³/mol. The van der Waals surface area contributed by atoms with Crippen molar-refractivity contribution < 1.29 is 32.3 Å². The molecule has 2 aromatic carbocycles. The molecule has 2 heterocycles. The summed E-state index contributed by atoms with van der Waals surface area (Å²) in [4.78, 5) is 43.9. The molecule has 0 fully saturated rings. The zero-order valence-corrected chi connectivity index (χ0v) is 23.4. The highest BCUT2D eigenvalue weighted by Crippen LogP contribution is 2.38. The molecule has 1 aliphatic rings. The predicted octanol–water partition coefficient (Wildman–Crippen LogP) is 3.10. The monoisotopic (exact) mass is 572 g/mol. The van der Waals surface area contributed by atoms with Crippen LogP contribution in [-0.4, -0.2) is 92.2 Å². The van der Waals surface area contributed by atoms with Gasteiger partial charge in [0.1, 0.15) is 11.4 Å². The number of alkyl halides is 3. The minimum atomic E-state index is -4.83. The molecule has 0 saturated carbocycles. The Morgan fingerprint density at radius 2 is 1.76 bits per heavy atom. The molecule has 1 aromatic heterocycles. The Morgan fingerprint density at radius 3 is 2.34 bits per heavy atom. The van der Waals surface area contributed by atoms with Crippen molar-refractivity contribution >= 4 is 23.4 Å². The summed E-state index contributed by atoms with van der Waals surface area (Å²) in [6.07, 6.45) is -4.94. The lowest BCUT2D eigenvalue weighted by Crippen LogP contribution is -2.39. The summed E-state index contributed by atoms with van der Waals surface area (Å²) in [6, 6.07) is 10.5. The number of fused-ring (bicyclic) bond motifs is 1. The van der Waals surface area contributed by atoms with Gasteiger partial charge in [-0.2, -0.15) is 18.3 Å². The summed E-state index contributed by atoms with van der Waals surface area (Å²) in [5.41, 5.74) is -0.898. The SMILES string of the molecule is COc1ccc(-n2nc(C(F)(F)F)c3c2C(=O)N(c2ccc(C(=O)N(C)C)cc2)CC3)c(C(=O)NCCN(C)C)c1. The van der Waals surface area contributed by atoms with Gasteiger partial charge in [0.25, 0.3) is 17.7 Å². The maximum Gasteiger partial charge on any atom is 0.435 e. The van der Waals surface area contributed by atoms with Crippen molar-refractivity contribution in [2.75, 3.05) is 59.8 Å². The summed E-state index contributed by atoms with van der Waals surface area (Å²) in [5, 5.41) is 6.59. The van der Waals surface area contributed by atoms with E-state index in [1.54, 1.807) is 38.4 Å². The number of carbonyl (C=O) groups is 3.